The molecule has 0 bridgehead atoms. The molecule has 0 aromatic carbocycles. The molecule has 1 radical (unpaired) electrons. The molecular formula is C6H21CuN3O3. The van der Waals surface area contributed by atoms with Gasteiger partial charge >= 0.3 is 0 Å². The van der Waals surface area contributed by atoms with Crippen LogP contribution in [0.25, 0.3) is 0 Å². The van der Waals surface area contributed by atoms with Crippen LogP contribution in [0.15, 0.2) is 0 Å². The Labute approximate surface area is 89.6 Å². The molecule has 0 aromatic rings. The summed E-state index contributed by atoms with van der Waals surface area (Å²) in [5.74, 6) is 0. The Morgan fingerprint density at radius 3 is 0.692 bits per heavy atom. The second kappa shape index (κ2) is 39.6. The molecule has 0 aliphatic heterocycles. The van der Waals surface area contributed by atoms with E-state index >= 15 is 0 Å². The fraction of sp³-hybridized carbons (Fsp3) is 1.00. The van der Waals surface area contributed by atoms with Gasteiger partial charge in [0.05, 0.1) is 19.8 Å². The van der Waals surface area contributed by atoms with E-state index in [4.69, 9.17) is 32.5 Å². The molecular weight excluding hydrogens is 226 g/mol. The zero-order valence-corrected chi connectivity index (χ0v) is 8.56. The minimum absolute atomic E-state index is 0. The van der Waals surface area contributed by atoms with Crippen LogP contribution >= 0.6 is 0 Å². The summed E-state index contributed by atoms with van der Waals surface area (Å²) in [6.45, 7) is 1.42. The molecule has 0 aromatic heterocycles. The van der Waals surface area contributed by atoms with Crippen molar-refractivity contribution in [1.82, 2.24) is 0 Å². The Balaban J connectivity index is -0.0000000450. The summed E-state index contributed by atoms with van der Waals surface area (Å²) in [6, 6.07) is 0. The minimum Gasteiger partial charge on any atom is -0.395 e. The second-order valence-electron chi connectivity index (χ2n) is 1.54. The van der Waals surface area contributed by atoms with Crippen LogP contribution < -0.4 is 17.2 Å². The molecule has 0 atom stereocenters. The van der Waals surface area contributed by atoms with Crippen LogP contribution in [-0.2, 0) is 17.1 Å². The van der Waals surface area contributed by atoms with E-state index in [1.165, 1.54) is 0 Å². The Morgan fingerprint density at radius 2 is 0.692 bits per heavy atom. The van der Waals surface area contributed by atoms with Gasteiger partial charge in [-0.25, -0.2) is 0 Å². The Hall–Kier alpha value is 0.279. The van der Waals surface area contributed by atoms with Gasteiger partial charge in [0.25, 0.3) is 0 Å². The number of hydrogen-bond acceptors (Lipinski definition) is 6. The van der Waals surface area contributed by atoms with Crippen LogP contribution in [0.5, 0.6) is 0 Å². The van der Waals surface area contributed by atoms with Crippen LogP contribution in [0.2, 0.25) is 0 Å². The molecule has 7 heteroatoms. The molecule has 0 aliphatic carbocycles. The number of rotatable bonds is 3. The van der Waals surface area contributed by atoms with E-state index in [0.29, 0.717) is 19.6 Å². The molecule has 0 rings (SSSR count). The third kappa shape index (κ3) is 121. The van der Waals surface area contributed by atoms with E-state index in [2.05, 4.69) is 0 Å². The molecule has 9 N–H and O–H groups in total. The quantitative estimate of drug-likeness (QED) is 0.290. The molecule has 89 valence electrons. The Morgan fingerprint density at radius 1 is 0.615 bits per heavy atom. The normalized spacial score (nSPS) is 6.92. The van der Waals surface area contributed by atoms with Gasteiger partial charge in [0.15, 0.2) is 0 Å². The van der Waals surface area contributed by atoms with E-state index in [-0.39, 0.29) is 36.9 Å². The van der Waals surface area contributed by atoms with Crippen molar-refractivity contribution < 1.29 is 32.4 Å². The van der Waals surface area contributed by atoms with Gasteiger partial charge in [-0.15, -0.1) is 0 Å². The van der Waals surface area contributed by atoms with Gasteiger partial charge in [-0.05, 0) is 0 Å². The zero-order chi connectivity index (χ0) is 10.2. The third-order valence-electron chi connectivity index (χ3n) is 0.387. The summed E-state index contributed by atoms with van der Waals surface area (Å²) >= 11 is 0. The topological polar surface area (TPSA) is 139 Å². The molecule has 0 unspecified atom stereocenters. The molecule has 0 saturated carbocycles. The fourth-order valence-corrected chi connectivity index (χ4v) is 0. The van der Waals surface area contributed by atoms with Crippen LogP contribution in [-0.4, -0.2) is 54.8 Å². The molecule has 0 aliphatic rings. The number of aliphatic hydroxyl groups is 3. The van der Waals surface area contributed by atoms with E-state index in [1.807, 2.05) is 0 Å². The molecule has 0 heterocycles. The van der Waals surface area contributed by atoms with Crippen molar-refractivity contribution >= 4 is 0 Å². The molecule has 0 fully saturated rings. The monoisotopic (exact) mass is 246 g/mol. The Kier molecular flexibility index (Phi) is 70.9. The van der Waals surface area contributed by atoms with Crippen LogP contribution in [0, 0.1) is 0 Å². The first-order valence-corrected chi connectivity index (χ1v) is 3.67. The van der Waals surface area contributed by atoms with Gasteiger partial charge in [-0.3, -0.25) is 0 Å². The van der Waals surface area contributed by atoms with Gasteiger partial charge < -0.3 is 32.5 Å². The van der Waals surface area contributed by atoms with E-state index < -0.39 is 0 Å². The van der Waals surface area contributed by atoms with Crippen molar-refractivity contribution in [1.29, 1.82) is 0 Å². The summed E-state index contributed by atoms with van der Waals surface area (Å²) in [5, 5.41) is 23.2. The third-order valence-corrected chi connectivity index (χ3v) is 0.387. The van der Waals surface area contributed by atoms with Crippen LogP contribution in [0.1, 0.15) is 0 Å². The SMILES string of the molecule is NCCO.NCCO.NCCO.[Cu]. The first-order valence-electron chi connectivity index (χ1n) is 3.67. The summed E-state index contributed by atoms with van der Waals surface area (Å²) < 4.78 is 0. The largest absolute Gasteiger partial charge is 0.395 e. The van der Waals surface area contributed by atoms with Crippen molar-refractivity contribution in [3.63, 3.8) is 0 Å². The predicted octanol–water partition coefficient (Wildman–Crippen LogP) is -3.19. The fourth-order valence-electron chi connectivity index (χ4n) is 0. The number of nitrogens with two attached hydrogens (primary N) is 3. The van der Waals surface area contributed by atoms with Crippen LogP contribution in [0.4, 0.5) is 0 Å². The first kappa shape index (κ1) is 23.3. The summed E-state index contributed by atoms with van der Waals surface area (Å²) in [4.78, 5) is 0. The maximum Gasteiger partial charge on any atom is 0.0553 e. The number of hydrogen-bond donors (Lipinski definition) is 6. The summed E-state index contributed by atoms with van der Waals surface area (Å²) in [6.07, 6.45) is 0. The van der Waals surface area contributed by atoms with Gasteiger partial charge in [0, 0.05) is 36.7 Å². The predicted molar refractivity (Wildman–Crippen MR) is 48.4 cm³/mol. The molecule has 0 spiro atoms. The standard InChI is InChI=1S/3C2H7NO.Cu/c3*3-1-2-4;/h3*4H,1-3H2;. The maximum absolute atomic E-state index is 7.75. The Bertz CT molecular complexity index is 38.6. The van der Waals surface area contributed by atoms with Gasteiger partial charge in [-0.1, -0.05) is 0 Å². The summed E-state index contributed by atoms with van der Waals surface area (Å²) in [5.41, 5.74) is 14.3. The molecule has 13 heavy (non-hydrogen) atoms. The van der Waals surface area contributed by atoms with Crippen molar-refractivity contribution in [2.24, 2.45) is 17.2 Å². The van der Waals surface area contributed by atoms with Crippen molar-refractivity contribution in [2.75, 3.05) is 39.5 Å². The van der Waals surface area contributed by atoms with Crippen LogP contribution in [0.3, 0.4) is 0 Å². The van der Waals surface area contributed by atoms with Gasteiger partial charge in [-0.2, -0.15) is 0 Å². The minimum atomic E-state index is 0. The molecule has 0 amide bonds. The van der Waals surface area contributed by atoms with E-state index in [1.54, 1.807) is 0 Å². The molecule has 0 saturated heterocycles. The average Bonchev–Trinajstić information content (AvgIpc) is 2.18. The maximum atomic E-state index is 7.75. The second-order valence-corrected chi connectivity index (χ2v) is 1.54. The number of aliphatic hydroxyl groups excluding tert-OH is 3. The van der Waals surface area contributed by atoms with Crippen molar-refractivity contribution in [3.05, 3.63) is 0 Å². The van der Waals surface area contributed by atoms with E-state index in [0.717, 1.165) is 0 Å². The van der Waals surface area contributed by atoms with Gasteiger partial charge in [0.2, 0.25) is 0 Å². The summed E-state index contributed by atoms with van der Waals surface area (Å²) in [7, 11) is 0. The average molecular weight is 247 g/mol. The first-order chi connectivity index (χ1) is 5.74. The zero-order valence-electron chi connectivity index (χ0n) is 7.62. The van der Waals surface area contributed by atoms with Crippen molar-refractivity contribution in [3.8, 4) is 0 Å². The smallest absolute Gasteiger partial charge is 0.0553 e. The van der Waals surface area contributed by atoms with Crippen molar-refractivity contribution in [2.45, 2.75) is 0 Å². The van der Waals surface area contributed by atoms with E-state index in [9.17, 15) is 0 Å². The molecule has 6 nitrogen and oxygen atoms in total. The van der Waals surface area contributed by atoms with Gasteiger partial charge in [0.1, 0.15) is 0 Å².